The molecule has 0 rings (SSSR count). The third-order valence-corrected chi connectivity index (χ3v) is 0. The average molecular weight is 151 g/mol. The molecule has 0 bridgehead atoms. The van der Waals surface area contributed by atoms with Gasteiger partial charge in [0.25, 0.3) is 0 Å². The van der Waals surface area contributed by atoms with Crippen molar-refractivity contribution in [2.24, 2.45) is 0 Å². The van der Waals surface area contributed by atoms with Gasteiger partial charge in [0.2, 0.25) is 0 Å². The molecule has 0 heterocycles. The Balaban J connectivity index is 0. The van der Waals surface area contributed by atoms with Crippen LogP contribution in [0.25, 0.3) is 0 Å². The molecule has 0 unspecified atom stereocenters. The number of hydrogen-bond acceptors (Lipinski definition) is 0. The third kappa shape index (κ3) is 8.82. The van der Waals surface area contributed by atoms with Crippen molar-refractivity contribution in [3.8, 4) is 0 Å². The second kappa shape index (κ2) is 17.9. The molecule has 0 aliphatic rings. The zero-order valence-corrected chi connectivity index (χ0v) is 6.74. The van der Waals surface area contributed by atoms with Crippen LogP contribution in [-0.2, 0) is 41.2 Å². The fraction of sp³-hybridized carbons (Fsp3) is 0. The Labute approximate surface area is 77.9 Å². The van der Waals surface area contributed by atoms with Crippen molar-refractivity contribution < 1.29 is 61.5 Å². The Morgan fingerprint density at radius 3 is 1.25 bits per heavy atom. The fourth-order valence-electron chi connectivity index (χ4n) is 0. The van der Waals surface area contributed by atoms with Gasteiger partial charge in [0.15, 0.2) is 17.4 Å². The predicted octanol–water partition coefficient (Wildman–Crippen LogP) is -4.07. The summed E-state index contributed by atoms with van der Waals surface area (Å²) < 4.78 is 0. The van der Waals surface area contributed by atoms with Crippen molar-refractivity contribution in [3.63, 3.8) is 0 Å². The second-order valence-electron chi connectivity index (χ2n) is 0. The molecule has 0 aromatic heterocycles. The van der Waals surface area contributed by atoms with Gasteiger partial charge in [0, 0.05) is 41.2 Å². The van der Waals surface area contributed by atoms with Crippen molar-refractivity contribution in [3.05, 3.63) is 0 Å². The largest absolute Gasteiger partial charge is 1.00 e. The maximum absolute atomic E-state index is 0. The minimum Gasteiger partial charge on any atom is -1.00 e. The van der Waals surface area contributed by atoms with E-state index in [1.807, 2.05) is 0 Å². The summed E-state index contributed by atoms with van der Waals surface area (Å²) >= 11 is 0. The van der Waals surface area contributed by atoms with Gasteiger partial charge in [-0.05, 0) is 0 Å². The first-order chi connectivity index (χ1) is 0. The van der Waals surface area contributed by atoms with Crippen LogP contribution in [0.15, 0.2) is 0 Å². The summed E-state index contributed by atoms with van der Waals surface area (Å²) in [5, 5.41) is 0. The van der Waals surface area contributed by atoms with Gasteiger partial charge in [0.1, 0.15) is 0 Å². The molecule has 0 aliphatic carbocycles. The minimum absolute atomic E-state index is 0. The standard InChI is InChI=1S/Al.Li.Ti.Zn.4H/q;+1;;;;;;-1. The van der Waals surface area contributed by atoms with E-state index in [1.165, 1.54) is 0 Å². The van der Waals surface area contributed by atoms with Crippen molar-refractivity contribution in [2.75, 3.05) is 0 Å². The van der Waals surface area contributed by atoms with Crippen molar-refractivity contribution >= 4 is 17.4 Å². The molecule has 0 saturated heterocycles. The first-order valence-electron chi connectivity index (χ1n) is 0. The summed E-state index contributed by atoms with van der Waals surface area (Å²) in [4.78, 5) is 0. The molecule has 0 saturated carbocycles. The molecule has 0 fully saturated rings. The summed E-state index contributed by atoms with van der Waals surface area (Å²) in [6.45, 7) is 0. The van der Waals surface area contributed by atoms with Crippen LogP contribution < -0.4 is 18.9 Å². The first-order valence-corrected chi connectivity index (χ1v) is 0. The van der Waals surface area contributed by atoms with Gasteiger partial charge in [-0.1, -0.05) is 0 Å². The monoisotopic (exact) mass is 150 g/mol. The number of rotatable bonds is 0. The molecule has 14 valence electrons. The van der Waals surface area contributed by atoms with Gasteiger partial charge in [-0.2, -0.15) is 0 Å². The van der Waals surface area contributed by atoms with Gasteiger partial charge < -0.3 is 1.43 Å². The summed E-state index contributed by atoms with van der Waals surface area (Å²) in [6, 6.07) is 0. The fourth-order valence-corrected chi connectivity index (χ4v) is 0. The SMILES string of the molecule is [AlH3].[H-].[Li+].[Ti].[Zn]. The molecule has 4 heavy (non-hydrogen) atoms. The van der Waals surface area contributed by atoms with Crippen LogP contribution >= 0.6 is 0 Å². The smallest absolute Gasteiger partial charge is 1.00 e. The Morgan fingerprint density at radius 2 is 1.25 bits per heavy atom. The Hall–Kier alpha value is 2.47. The van der Waals surface area contributed by atoms with Crippen LogP contribution in [0.3, 0.4) is 0 Å². The average Bonchev–Trinajstić information content (AvgIpc) is 0. The number of hydrogen-bond donors (Lipinski definition) is 0. The summed E-state index contributed by atoms with van der Waals surface area (Å²) in [5.74, 6) is 0. The van der Waals surface area contributed by atoms with Crippen LogP contribution in [0.2, 0.25) is 0 Å². The van der Waals surface area contributed by atoms with Gasteiger partial charge in [-0.3, -0.25) is 0 Å². The van der Waals surface area contributed by atoms with Gasteiger partial charge in [0.05, 0.1) is 0 Å². The molecule has 0 radical (unpaired) electrons. The molecule has 0 aromatic rings. The van der Waals surface area contributed by atoms with Crippen LogP contribution in [0.5, 0.6) is 0 Å². The summed E-state index contributed by atoms with van der Waals surface area (Å²) in [5.41, 5.74) is 0. The summed E-state index contributed by atoms with van der Waals surface area (Å²) in [6.07, 6.45) is 0. The van der Waals surface area contributed by atoms with E-state index in [0.29, 0.717) is 0 Å². The predicted molar refractivity (Wildman–Crippen MR) is 11.1 cm³/mol. The molecule has 0 amide bonds. The third-order valence-electron chi connectivity index (χ3n) is 0. The Bertz CT molecular complexity index is 11.6. The zero-order valence-electron chi connectivity index (χ0n) is 3.21. The molecular weight excluding hydrogens is 147 g/mol. The Morgan fingerprint density at radius 1 is 1.25 bits per heavy atom. The van der Waals surface area contributed by atoms with Crippen molar-refractivity contribution in [1.82, 2.24) is 0 Å². The van der Waals surface area contributed by atoms with Crippen LogP contribution in [-0.4, -0.2) is 17.4 Å². The normalized spacial score (nSPS) is 0. The van der Waals surface area contributed by atoms with Gasteiger partial charge >= 0.3 is 18.9 Å². The van der Waals surface area contributed by atoms with E-state index < -0.39 is 0 Å². The van der Waals surface area contributed by atoms with E-state index in [1.54, 1.807) is 0 Å². The van der Waals surface area contributed by atoms with E-state index in [9.17, 15) is 0 Å². The van der Waals surface area contributed by atoms with E-state index in [2.05, 4.69) is 0 Å². The van der Waals surface area contributed by atoms with Crippen LogP contribution in [0.1, 0.15) is 1.43 Å². The molecule has 0 spiro atoms. The topological polar surface area (TPSA) is 0 Å². The van der Waals surface area contributed by atoms with Crippen molar-refractivity contribution in [2.45, 2.75) is 0 Å². The van der Waals surface area contributed by atoms with E-state index in [4.69, 9.17) is 0 Å². The molecule has 0 aromatic carbocycles. The second-order valence-corrected chi connectivity index (χ2v) is 0. The van der Waals surface area contributed by atoms with E-state index in [-0.39, 0.29) is 78.8 Å². The molecule has 0 N–H and O–H groups in total. The molecular formula is H4AlLiTiZn. The van der Waals surface area contributed by atoms with Crippen LogP contribution in [0, 0.1) is 0 Å². The molecule has 0 atom stereocenters. The van der Waals surface area contributed by atoms with Crippen LogP contribution in [0.4, 0.5) is 0 Å². The molecule has 0 aliphatic heterocycles. The maximum Gasteiger partial charge on any atom is 1.00 e. The molecule has 0 nitrogen and oxygen atoms in total. The van der Waals surface area contributed by atoms with Crippen molar-refractivity contribution in [1.29, 1.82) is 0 Å². The maximum atomic E-state index is 0. The minimum atomic E-state index is 0. The Kier molecular flexibility index (Phi) is 142. The summed E-state index contributed by atoms with van der Waals surface area (Å²) in [7, 11) is 0. The quantitative estimate of drug-likeness (QED) is 0.309. The van der Waals surface area contributed by atoms with Gasteiger partial charge in [-0.15, -0.1) is 0 Å². The zero-order chi connectivity index (χ0) is 0. The molecule has 4 heteroatoms. The first kappa shape index (κ1) is 31.8. The van der Waals surface area contributed by atoms with E-state index >= 15 is 0 Å². The van der Waals surface area contributed by atoms with Gasteiger partial charge in [-0.25, -0.2) is 0 Å². The van der Waals surface area contributed by atoms with E-state index in [0.717, 1.165) is 0 Å².